The summed E-state index contributed by atoms with van der Waals surface area (Å²) in [5, 5.41) is 6.44. The van der Waals surface area contributed by atoms with Gasteiger partial charge in [0.15, 0.2) is 11.6 Å². The SMILES string of the molecule is Cl.O=C(NC1CNCCC1c1ccc(F)c(F)c1)C1CCCCC1. The van der Waals surface area contributed by atoms with Gasteiger partial charge in [-0.25, -0.2) is 8.78 Å². The van der Waals surface area contributed by atoms with Gasteiger partial charge in [-0.3, -0.25) is 4.79 Å². The van der Waals surface area contributed by atoms with E-state index in [4.69, 9.17) is 0 Å². The maximum atomic E-state index is 13.5. The third-order valence-corrected chi connectivity index (χ3v) is 5.16. The molecule has 2 atom stereocenters. The summed E-state index contributed by atoms with van der Waals surface area (Å²) in [4.78, 5) is 12.5. The van der Waals surface area contributed by atoms with Crippen molar-refractivity contribution in [1.82, 2.24) is 10.6 Å². The number of hydrogen-bond donors (Lipinski definition) is 2. The van der Waals surface area contributed by atoms with Crippen LogP contribution in [-0.4, -0.2) is 25.0 Å². The van der Waals surface area contributed by atoms with Crippen molar-refractivity contribution in [3.05, 3.63) is 35.4 Å². The zero-order valence-electron chi connectivity index (χ0n) is 13.7. The van der Waals surface area contributed by atoms with Crippen LogP contribution in [0.4, 0.5) is 8.78 Å². The Morgan fingerprint density at radius 1 is 1.08 bits per heavy atom. The molecule has 0 spiro atoms. The molecule has 1 saturated carbocycles. The van der Waals surface area contributed by atoms with Crippen LogP contribution in [0.3, 0.4) is 0 Å². The van der Waals surface area contributed by atoms with Crippen molar-refractivity contribution in [2.24, 2.45) is 5.92 Å². The number of piperidine rings is 1. The molecule has 3 rings (SSSR count). The Kier molecular flexibility index (Phi) is 6.99. The van der Waals surface area contributed by atoms with E-state index in [1.807, 2.05) is 0 Å². The summed E-state index contributed by atoms with van der Waals surface area (Å²) in [6.45, 7) is 1.49. The Balaban J connectivity index is 0.00000208. The second kappa shape index (κ2) is 8.77. The second-order valence-corrected chi connectivity index (χ2v) is 6.72. The lowest BCUT2D eigenvalue weighted by atomic mass is 9.84. The first-order chi connectivity index (χ1) is 11.1. The van der Waals surface area contributed by atoms with Gasteiger partial charge in [0.2, 0.25) is 5.91 Å². The molecule has 2 aliphatic rings. The lowest BCUT2D eigenvalue weighted by Gasteiger charge is -2.34. The number of amides is 1. The Morgan fingerprint density at radius 2 is 1.83 bits per heavy atom. The summed E-state index contributed by atoms with van der Waals surface area (Å²) in [6, 6.07) is 4.01. The van der Waals surface area contributed by atoms with Crippen LogP contribution in [0.25, 0.3) is 0 Å². The summed E-state index contributed by atoms with van der Waals surface area (Å²) in [6.07, 6.45) is 6.18. The molecule has 0 aromatic heterocycles. The molecule has 6 heteroatoms. The second-order valence-electron chi connectivity index (χ2n) is 6.72. The van der Waals surface area contributed by atoms with E-state index >= 15 is 0 Å². The molecule has 2 N–H and O–H groups in total. The van der Waals surface area contributed by atoms with Gasteiger partial charge in [0, 0.05) is 24.4 Å². The molecule has 1 aromatic rings. The predicted molar refractivity (Wildman–Crippen MR) is 92.3 cm³/mol. The van der Waals surface area contributed by atoms with Crippen LogP contribution in [-0.2, 0) is 4.79 Å². The highest BCUT2D eigenvalue weighted by Crippen LogP contribution is 2.29. The number of hydrogen-bond acceptors (Lipinski definition) is 2. The average molecular weight is 359 g/mol. The smallest absolute Gasteiger partial charge is 0.223 e. The summed E-state index contributed by atoms with van der Waals surface area (Å²) in [5.74, 6) is -1.40. The lowest BCUT2D eigenvalue weighted by Crippen LogP contribution is -2.51. The predicted octanol–water partition coefficient (Wildman–Crippen LogP) is 3.53. The van der Waals surface area contributed by atoms with Gasteiger partial charge < -0.3 is 10.6 Å². The molecule has 1 amide bonds. The normalized spacial score (nSPS) is 24.9. The minimum absolute atomic E-state index is 0. The summed E-state index contributed by atoms with van der Waals surface area (Å²) >= 11 is 0. The first kappa shape index (κ1) is 19.1. The van der Waals surface area contributed by atoms with Gasteiger partial charge >= 0.3 is 0 Å². The van der Waals surface area contributed by atoms with Gasteiger partial charge in [0.1, 0.15) is 0 Å². The van der Waals surface area contributed by atoms with Crippen molar-refractivity contribution in [1.29, 1.82) is 0 Å². The van der Waals surface area contributed by atoms with Gasteiger partial charge in [-0.05, 0) is 43.5 Å². The van der Waals surface area contributed by atoms with E-state index in [0.29, 0.717) is 6.54 Å². The lowest BCUT2D eigenvalue weighted by molar-refractivity contribution is -0.126. The van der Waals surface area contributed by atoms with Crippen LogP contribution in [0.5, 0.6) is 0 Å². The molecule has 1 aliphatic carbocycles. The van der Waals surface area contributed by atoms with Gasteiger partial charge in [-0.1, -0.05) is 25.3 Å². The average Bonchev–Trinajstić information content (AvgIpc) is 2.59. The Labute approximate surface area is 148 Å². The summed E-state index contributed by atoms with van der Waals surface area (Å²) < 4.78 is 26.7. The van der Waals surface area contributed by atoms with E-state index in [-0.39, 0.29) is 36.2 Å². The third-order valence-electron chi connectivity index (χ3n) is 5.16. The van der Waals surface area contributed by atoms with Gasteiger partial charge in [-0.15, -0.1) is 12.4 Å². The molecule has 1 aliphatic heterocycles. The number of halogens is 3. The van der Waals surface area contributed by atoms with Gasteiger partial charge in [0.25, 0.3) is 0 Å². The number of rotatable bonds is 3. The first-order valence-electron chi connectivity index (χ1n) is 8.61. The highest BCUT2D eigenvalue weighted by molar-refractivity contribution is 5.85. The number of benzene rings is 1. The largest absolute Gasteiger partial charge is 0.351 e. The molecule has 0 bridgehead atoms. The number of carbonyl (C=O) groups excluding carboxylic acids is 1. The minimum Gasteiger partial charge on any atom is -0.351 e. The van der Waals surface area contributed by atoms with Crippen LogP contribution in [0.1, 0.15) is 50.0 Å². The van der Waals surface area contributed by atoms with E-state index in [1.165, 1.54) is 18.6 Å². The maximum absolute atomic E-state index is 13.5. The van der Waals surface area contributed by atoms with Crippen LogP contribution < -0.4 is 10.6 Å². The van der Waals surface area contributed by atoms with E-state index in [0.717, 1.165) is 44.2 Å². The van der Waals surface area contributed by atoms with Crippen molar-refractivity contribution >= 4 is 18.3 Å². The minimum atomic E-state index is -0.828. The van der Waals surface area contributed by atoms with Crippen molar-refractivity contribution in [2.75, 3.05) is 13.1 Å². The van der Waals surface area contributed by atoms with Crippen molar-refractivity contribution in [3.63, 3.8) is 0 Å². The summed E-state index contributed by atoms with van der Waals surface area (Å²) in [7, 11) is 0. The van der Waals surface area contributed by atoms with Crippen LogP contribution in [0.15, 0.2) is 18.2 Å². The highest BCUT2D eigenvalue weighted by atomic mass is 35.5. The molecule has 1 heterocycles. The fourth-order valence-electron chi connectivity index (χ4n) is 3.82. The topological polar surface area (TPSA) is 41.1 Å². The zero-order valence-corrected chi connectivity index (χ0v) is 14.5. The van der Waals surface area contributed by atoms with E-state index < -0.39 is 11.6 Å². The monoisotopic (exact) mass is 358 g/mol. The van der Waals surface area contributed by atoms with Gasteiger partial charge in [-0.2, -0.15) is 0 Å². The Hall–Kier alpha value is -1.20. The first-order valence-corrected chi connectivity index (χ1v) is 8.61. The molecule has 2 fully saturated rings. The molecular weight excluding hydrogens is 334 g/mol. The third kappa shape index (κ3) is 4.45. The molecule has 2 unspecified atom stereocenters. The molecule has 24 heavy (non-hydrogen) atoms. The molecule has 1 saturated heterocycles. The number of nitrogens with one attached hydrogen (secondary N) is 2. The van der Waals surface area contributed by atoms with E-state index in [9.17, 15) is 13.6 Å². The highest BCUT2D eigenvalue weighted by Gasteiger charge is 2.30. The Bertz CT molecular complexity index is 564. The van der Waals surface area contributed by atoms with Crippen molar-refractivity contribution in [2.45, 2.75) is 50.5 Å². The summed E-state index contributed by atoms with van der Waals surface area (Å²) in [5.41, 5.74) is 0.763. The fourth-order valence-corrected chi connectivity index (χ4v) is 3.82. The molecule has 3 nitrogen and oxygen atoms in total. The zero-order chi connectivity index (χ0) is 16.2. The van der Waals surface area contributed by atoms with Crippen LogP contribution in [0, 0.1) is 17.6 Å². The van der Waals surface area contributed by atoms with Crippen LogP contribution in [0.2, 0.25) is 0 Å². The molecule has 134 valence electrons. The number of carbonyl (C=O) groups is 1. The van der Waals surface area contributed by atoms with Crippen molar-refractivity contribution < 1.29 is 13.6 Å². The van der Waals surface area contributed by atoms with E-state index in [2.05, 4.69) is 10.6 Å². The molecular formula is C18H25ClF2N2O. The molecule has 0 radical (unpaired) electrons. The standard InChI is InChI=1S/C18H24F2N2O.ClH/c19-15-7-6-13(10-16(15)20)14-8-9-21-11-17(14)22-18(23)12-4-2-1-3-5-12;/h6-7,10,12,14,17,21H,1-5,8-9,11H2,(H,22,23);1H. The quantitative estimate of drug-likeness (QED) is 0.867. The van der Waals surface area contributed by atoms with Crippen molar-refractivity contribution in [3.8, 4) is 0 Å². The van der Waals surface area contributed by atoms with Crippen LogP contribution >= 0.6 is 12.4 Å². The Morgan fingerprint density at radius 3 is 2.54 bits per heavy atom. The fraction of sp³-hybridized carbons (Fsp3) is 0.611. The maximum Gasteiger partial charge on any atom is 0.223 e. The molecule has 1 aromatic carbocycles. The van der Waals surface area contributed by atoms with Gasteiger partial charge in [0.05, 0.1) is 0 Å². The van der Waals surface area contributed by atoms with E-state index in [1.54, 1.807) is 6.07 Å².